The van der Waals surface area contributed by atoms with Crippen LogP contribution >= 0.6 is 0 Å². The van der Waals surface area contributed by atoms with Gasteiger partial charge in [-0.2, -0.15) is 0 Å². The van der Waals surface area contributed by atoms with Crippen molar-refractivity contribution in [3.05, 3.63) is 0 Å². The third-order valence-electron chi connectivity index (χ3n) is 8.08. The Bertz CT molecular complexity index is 5470. The number of aliphatic hydroxyl groups excluding tert-OH is 1. The van der Waals surface area contributed by atoms with Crippen LogP contribution in [0.5, 0.6) is 0 Å². The molecule has 0 amide bonds. The maximum Gasteiger partial charge on any atom is 0.385 e. The Kier molecular flexibility index (Phi) is 59.8. The van der Waals surface area contributed by atoms with Gasteiger partial charge in [0.15, 0.2) is 6.10 Å². The second-order valence-corrected chi connectivity index (χ2v) is 15.6. The molecule has 0 saturated carbocycles. The lowest BCUT2D eigenvalue weighted by atomic mass is 10.2. The molecule has 0 aromatic carbocycles. The van der Waals surface area contributed by atoms with E-state index in [-0.39, 0.29) is 117 Å². The van der Waals surface area contributed by atoms with Gasteiger partial charge in [0.1, 0.15) is 32.5 Å². The molecular formula is C88H156O16. The lowest BCUT2D eigenvalue weighted by Gasteiger charge is -2.16. The van der Waals surface area contributed by atoms with Crippen LogP contribution in [0.25, 0.3) is 0 Å². The van der Waals surface area contributed by atoms with Crippen LogP contribution in [-0.2, 0) is 66.8 Å². The van der Waals surface area contributed by atoms with Gasteiger partial charge in [-0.3, -0.25) is 19.2 Å². The summed E-state index contributed by atoms with van der Waals surface area (Å²) < 4.78 is 28.7. The number of hydrogen-bond donors (Lipinski definition) is 2. The Morgan fingerprint density at radius 3 is 0.721 bits per heavy atom. The summed E-state index contributed by atoms with van der Waals surface area (Å²) in [4.78, 5) is 90.2. The third kappa shape index (κ3) is 71.3. The van der Waals surface area contributed by atoms with Crippen LogP contribution in [-0.4, -0.2) is 96.6 Å². The molecule has 2 N–H and O–H groups in total. The molecule has 0 spiro atoms. The molecule has 1 aliphatic rings. The summed E-state index contributed by atoms with van der Waals surface area (Å²) in [6.07, 6.45) is -1.63. The maximum atomic E-state index is 12.1. The van der Waals surface area contributed by atoms with Gasteiger partial charge >= 0.3 is 47.8 Å². The summed E-state index contributed by atoms with van der Waals surface area (Å²) in [5, 5.41) is 18.5. The van der Waals surface area contributed by atoms with Gasteiger partial charge < -0.3 is 38.6 Å². The van der Waals surface area contributed by atoms with Crippen molar-refractivity contribution in [1.82, 2.24) is 0 Å². The highest BCUT2D eigenvalue weighted by Gasteiger charge is 2.19. The standard InChI is InChI=1S/C44H18O8.C39H12O5.C5H6O3.60H2/c1-3-5-7-9-11-13-15-17-19-21-23-25-27-29-31-35-42(47)50-38-40(52-44(49)37-33-34-41(45)46)39-51-43(48)36-32-30-28-26-24-22-20-18-16-14-12-10-8-6-4-2;1-3-5-7-9-11-13-15-17-19-21-23-25-27-29-31-33-38(41)43-35-37(40)36-44-39(42)34-32-30-28-26-24-22-20-18-16-14-12-10-8-6-4-2;6-4-2-1-3-5(7)8-4;;;;;;;;;;;;;;;;;;;;;;;;;;;;;;;;;;;;;;;;;;;;;;;;;;;;;;;;;;;;/h40H,33-34,37-39H2,1-2H3,(H,45,46);37,40H,35-36H2,1-2H3;1-3H2;60*1H. The van der Waals surface area contributed by atoms with Crippen molar-refractivity contribution >= 4 is 47.8 Å². The van der Waals surface area contributed by atoms with E-state index in [4.69, 9.17) is 28.8 Å². The van der Waals surface area contributed by atoms with E-state index in [1.807, 2.05) is 0 Å². The molecule has 0 aromatic rings. The van der Waals surface area contributed by atoms with E-state index in [9.17, 15) is 43.5 Å². The van der Waals surface area contributed by atoms with Crippen LogP contribution in [0.1, 0.15) is 152 Å². The van der Waals surface area contributed by atoms with Crippen LogP contribution in [0.15, 0.2) is 0 Å². The first-order chi connectivity index (χ1) is 50.8. The molecular weight excluding hydrogens is 1310 g/mol. The number of rotatable bonds is 13. The first-order valence-corrected chi connectivity index (χ1v) is 28.0. The number of carbonyl (C=O) groups excluding carboxylic acids is 7. The Morgan fingerprint density at radius 2 is 0.529 bits per heavy atom. The van der Waals surface area contributed by atoms with Crippen LogP contribution in [0.2, 0.25) is 0 Å². The van der Waals surface area contributed by atoms with Gasteiger partial charge in [0.2, 0.25) is 0 Å². The molecule has 1 saturated heterocycles. The fourth-order valence-corrected chi connectivity index (χ4v) is 4.30. The molecule has 16 heteroatoms. The van der Waals surface area contributed by atoms with Crippen molar-refractivity contribution in [3.8, 4) is 379 Å². The second-order valence-electron chi connectivity index (χ2n) is 15.6. The van der Waals surface area contributed by atoms with Crippen LogP contribution in [0, 0.1) is 379 Å². The summed E-state index contributed by atoms with van der Waals surface area (Å²) in [5.74, 6) is 148. The Hall–Kier alpha value is -18.2. The zero-order valence-electron chi connectivity index (χ0n) is 54.8. The lowest BCUT2D eigenvalue weighted by Crippen LogP contribution is -2.30. The van der Waals surface area contributed by atoms with Gasteiger partial charge in [0, 0.05) is 135 Å². The number of carboxylic acid groups (broad SMARTS) is 1. The topological polar surface area (TPSA) is 232 Å². The smallest absolute Gasteiger partial charge is 0.385 e. The Balaban J connectivity index is -0.0000000147. The predicted molar refractivity (Wildman–Crippen MR) is 505 cm³/mol. The van der Waals surface area contributed by atoms with Crippen molar-refractivity contribution in [2.24, 2.45) is 0 Å². The quantitative estimate of drug-likeness (QED) is 0.0574. The zero-order valence-corrected chi connectivity index (χ0v) is 54.8. The van der Waals surface area contributed by atoms with Gasteiger partial charge in [-0.05, 0) is 372 Å². The van der Waals surface area contributed by atoms with E-state index < -0.39 is 74.5 Å². The van der Waals surface area contributed by atoms with Crippen molar-refractivity contribution in [2.45, 2.75) is 78.4 Å². The molecule has 0 radical (unpaired) electrons. The SMILES string of the molecule is CC#CC#CC#CC#CC#CC#CC#CC#CC(=O)OCC(COC(=O)C#CC#CC#CC#CC#CC#CC#CC#CC)OC(=O)CCCC(=O)O.CC#CC#CC#CC#CC#CC#CC#CC#CC(=O)OCC(O)COC(=O)C#CC#CC#CC#CC#CC#CC#CC#CC.O=C1CCCC(=O)O1.[HH].[HH].[HH].[HH].[HH].[HH].[HH].[HH].[HH].[HH].[HH].[HH].[HH].[HH].[HH].[HH].[HH].[HH].[HH].[HH].[HH].[HH].[HH].[HH].[HH].[HH].[HH].[HH].[HH].[HH].[HH].[HH].[HH].[HH].[HH].[HH].[HH].[HH].[HH].[HH].[HH].[HH].[HH].[HH].[HH].[HH].[HH].[HH].[HH].[HH].[HH].[HH].[HH].[HH].[HH].[HH].[HH].[HH].[HH].[HH]. The Labute approximate surface area is 694 Å². The van der Waals surface area contributed by atoms with Crippen LogP contribution in [0.4, 0.5) is 0 Å². The van der Waals surface area contributed by atoms with E-state index in [2.05, 4.69) is 384 Å². The number of aliphatic carboxylic acids is 1. The summed E-state index contributed by atoms with van der Waals surface area (Å²) >= 11 is 0. The molecule has 0 unspecified atom stereocenters. The highest BCUT2D eigenvalue weighted by atomic mass is 16.6. The van der Waals surface area contributed by atoms with Crippen molar-refractivity contribution in [3.63, 3.8) is 0 Å². The molecule has 1 aliphatic heterocycles. The molecule has 1 fully saturated rings. The molecule has 1 heterocycles. The zero-order chi connectivity index (χ0) is 76.3. The number of aliphatic hydroxyl groups is 1. The van der Waals surface area contributed by atoms with Gasteiger partial charge in [0.05, 0.1) is 0 Å². The van der Waals surface area contributed by atoms with Crippen molar-refractivity contribution in [1.29, 1.82) is 0 Å². The fourth-order valence-electron chi connectivity index (χ4n) is 4.30. The van der Waals surface area contributed by atoms with Crippen molar-refractivity contribution in [2.75, 3.05) is 26.4 Å². The fraction of sp³-hybridized carbons (Fsp3) is 0.182. The normalized spacial score (nSPS) is 7.07. The first-order valence-electron chi connectivity index (χ1n) is 28.0. The predicted octanol–water partition coefficient (Wildman–Crippen LogP) is 14.9. The minimum atomic E-state index is -1.30. The average molecular weight is 1470 g/mol. The van der Waals surface area contributed by atoms with Crippen molar-refractivity contribution < 1.29 is 163 Å². The van der Waals surface area contributed by atoms with Gasteiger partial charge in [-0.15, -0.1) is 0 Å². The number of ether oxygens (including phenoxy) is 6. The molecule has 0 aliphatic carbocycles. The number of esters is 7. The van der Waals surface area contributed by atoms with E-state index in [0.717, 1.165) is 0 Å². The highest BCUT2D eigenvalue weighted by Crippen LogP contribution is 2.06. The summed E-state index contributed by atoms with van der Waals surface area (Å²) in [6.45, 7) is 4.59. The lowest BCUT2D eigenvalue weighted by molar-refractivity contribution is -0.163. The minimum absolute atomic E-state index is 0. The number of carbonyl (C=O) groups is 8. The second kappa shape index (κ2) is 70.7. The van der Waals surface area contributed by atoms with Gasteiger partial charge in [-0.1, -0.05) is 23.7 Å². The van der Waals surface area contributed by atoms with E-state index in [1.54, 1.807) is 27.7 Å². The molecule has 1 rings (SSSR count). The monoisotopic (exact) mass is 1470 g/mol. The summed E-state index contributed by atoms with van der Waals surface area (Å²) in [6, 6.07) is 0. The molecule has 0 bridgehead atoms. The largest absolute Gasteiger partial charge is 0.481 e. The minimum Gasteiger partial charge on any atom is -0.481 e. The van der Waals surface area contributed by atoms with Gasteiger partial charge in [0.25, 0.3) is 0 Å². The summed E-state index contributed by atoms with van der Waals surface area (Å²) in [7, 11) is 0. The maximum absolute atomic E-state index is 12.1. The van der Waals surface area contributed by atoms with E-state index in [0.29, 0.717) is 19.3 Å². The molecule has 16 nitrogen and oxygen atoms in total. The van der Waals surface area contributed by atoms with E-state index in [1.165, 1.54) is 0 Å². The highest BCUT2D eigenvalue weighted by molar-refractivity contribution is 5.91. The van der Waals surface area contributed by atoms with Crippen LogP contribution < -0.4 is 0 Å². The molecule has 0 atom stereocenters. The molecule has 604 valence electrons. The number of carboxylic acids is 1. The summed E-state index contributed by atoms with van der Waals surface area (Å²) in [5.41, 5.74) is 0. The number of cyclic esters (lactones) is 2. The Morgan fingerprint density at radius 1 is 0.327 bits per heavy atom. The molecule has 104 heavy (non-hydrogen) atoms. The van der Waals surface area contributed by atoms with E-state index >= 15 is 0 Å². The average Bonchev–Trinajstić information content (AvgIpc) is 0.925. The molecule has 0 aromatic heterocycles. The number of hydrogen-bond acceptors (Lipinski definition) is 15. The van der Waals surface area contributed by atoms with Crippen LogP contribution in [0.3, 0.4) is 0 Å². The first kappa shape index (κ1) is 87.9. The third-order valence-corrected chi connectivity index (χ3v) is 8.08. The van der Waals surface area contributed by atoms with Gasteiger partial charge in [-0.25, -0.2) is 19.2 Å².